The van der Waals surface area contributed by atoms with Gasteiger partial charge in [0, 0.05) is 25.2 Å². The van der Waals surface area contributed by atoms with Gasteiger partial charge in [0.1, 0.15) is 5.75 Å². The van der Waals surface area contributed by atoms with Gasteiger partial charge in [0.15, 0.2) is 0 Å². The third kappa shape index (κ3) is 6.03. The number of aliphatic carboxylic acids is 1. The number of amides is 1. The summed E-state index contributed by atoms with van der Waals surface area (Å²) in [4.78, 5) is 32.6. The van der Waals surface area contributed by atoms with Gasteiger partial charge in [-0.2, -0.15) is 5.10 Å². The maximum atomic E-state index is 13.0. The van der Waals surface area contributed by atoms with Crippen molar-refractivity contribution in [3.8, 4) is 16.9 Å². The molecule has 3 aromatic carbocycles. The molecule has 4 aromatic rings. The fourth-order valence-electron chi connectivity index (χ4n) is 4.39. The summed E-state index contributed by atoms with van der Waals surface area (Å²) >= 11 is 0. The predicted octanol–water partition coefficient (Wildman–Crippen LogP) is 5.74. The lowest BCUT2D eigenvalue weighted by Crippen LogP contribution is -2.27. The lowest BCUT2D eigenvalue weighted by atomic mass is 9.96. The van der Waals surface area contributed by atoms with Crippen LogP contribution in [0.1, 0.15) is 36.4 Å². The van der Waals surface area contributed by atoms with Crippen LogP contribution in [0.15, 0.2) is 84.2 Å². The van der Waals surface area contributed by atoms with Crippen molar-refractivity contribution >= 4 is 28.6 Å². The number of carbonyl (C=O) groups excluding carboxylic acids is 1. The molecule has 11 heteroatoms. The molecular weight excluding hydrogens is 513 g/mol. The van der Waals surface area contributed by atoms with Crippen LogP contribution in [0.5, 0.6) is 5.75 Å². The van der Waals surface area contributed by atoms with Crippen molar-refractivity contribution in [2.75, 3.05) is 0 Å². The Morgan fingerprint density at radius 2 is 1.49 bits per heavy atom. The summed E-state index contributed by atoms with van der Waals surface area (Å²) in [7, 11) is 0. The summed E-state index contributed by atoms with van der Waals surface area (Å²) < 4.78 is 41.2. The first-order valence-electron chi connectivity index (χ1n) is 11.9. The number of hydrazone groups is 1. The molecule has 1 atom stereocenters. The molecular formula is C28H21F3N4O4. The number of hydrogen-bond acceptors (Lipinski definition) is 6. The van der Waals surface area contributed by atoms with Crippen LogP contribution in [-0.2, 0) is 9.59 Å². The zero-order valence-corrected chi connectivity index (χ0v) is 20.3. The standard InChI is InChI=1S/C28H21F3N4O4/c29-28(30,31)39-21-8-5-18(6-9-21)17-1-3-19(4-2-17)23-16-25(35(34-23)26(36)11-12-27(37)38)20-7-10-22-24(15-20)33-14-13-32-22/h1-10,13-15,25H,11-12,16H2,(H,37,38). The second kappa shape index (κ2) is 10.5. The minimum atomic E-state index is -4.76. The van der Waals surface area contributed by atoms with Crippen LogP contribution >= 0.6 is 0 Å². The number of nitrogens with zero attached hydrogens (tertiary/aromatic N) is 4. The molecule has 1 amide bonds. The van der Waals surface area contributed by atoms with Crippen LogP contribution < -0.4 is 4.74 Å². The van der Waals surface area contributed by atoms with Gasteiger partial charge in [0.2, 0.25) is 5.91 Å². The fourth-order valence-corrected chi connectivity index (χ4v) is 4.39. The Hall–Kier alpha value is -4.80. The van der Waals surface area contributed by atoms with Crippen LogP contribution in [0.3, 0.4) is 0 Å². The highest BCUT2D eigenvalue weighted by Gasteiger charge is 2.33. The number of hydrogen-bond donors (Lipinski definition) is 1. The highest BCUT2D eigenvalue weighted by atomic mass is 19.4. The molecule has 198 valence electrons. The van der Waals surface area contributed by atoms with Gasteiger partial charge >= 0.3 is 12.3 Å². The maximum absolute atomic E-state index is 13.0. The topological polar surface area (TPSA) is 105 Å². The second-order valence-electron chi connectivity index (χ2n) is 8.85. The molecule has 2 heterocycles. The van der Waals surface area contributed by atoms with E-state index in [0.29, 0.717) is 28.7 Å². The molecule has 0 saturated heterocycles. The van der Waals surface area contributed by atoms with Crippen molar-refractivity contribution in [3.63, 3.8) is 0 Å². The minimum absolute atomic E-state index is 0.191. The lowest BCUT2D eigenvalue weighted by molar-refractivity contribution is -0.274. The summed E-state index contributed by atoms with van der Waals surface area (Å²) in [6.45, 7) is 0. The number of halogens is 3. The number of carboxylic acid groups (broad SMARTS) is 1. The van der Waals surface area contributed by atoms with Gasteiger partial charge in [0.05, 0.1) is 29.2 Å². The number of carboxylic acids is 1. The molecule has 0 saturated carbocycles. The van der Waals surface area contributed by atoms with E-state index in [2.05, 4.69) is 19.8 Å². The fraction of sp³-hybridized carbons (Fsp3) is 0.179. The highest BCUT2D eigenvalue weighted by molar-refractivity contribution is 6.03. The number of fused-ring (bicyclic) bond motifs is 1. The molecule has 0 bridgehead atoms. The monoisotopic (exact) mass is 534 g/mol. The molecule has 1 N–H and O–H groups in total. The van der Waals surface area contributed by atoms with E-state index in [9.17, 15) is 22.8 Å². The molecule has 0 fully saturated rings. The maximum Gasteiger partial charge on any atom is 0.573 e. The van der Waals surface area contributed by atoms with E-state index in [-0.39, 0.29) is 18.6 Å². The van der Waals surface area contributed by atoms with Crippen molar-refractivity contribution < 1.29 is 32.6 Å². The van der Waals surface area contributed by atoms with E-state index in [1.807, 2.05) is 42.5 Å². The van der Waals surface area contributed by atoms with Crippen LogP contribution in [-0.4, -0.2) is 44.0 Å². The van der Waals surface area contributed by atoms with Gasteiger partial charge in [-0.3, -0.25) is 19.6 Å². The van der Waals surface area contributed by atoms with Gasteiger partial charge in [-0.15, -0.1) is 13.2 Å². The third-order valence-electron chi connectivity index (χ3n) is 6.24. The number of ether oxygens (including phenoxy) is 1. The van der Waals surface area contributed by atoms with Gasteiger partial charge in [-0.25, -0.2) is 5.01 Å². The highest BCUT2D eigenvalue weighted by Crippen LogP contribution is 2.35. The number of benzene rings is 3. The Labute approximate surface area is 220 Å². The zero-order chi connectivity index (χ0) is 27.6. The Morgan fingerprint density at radius 3 is 2.13 bits per heavy atom. The van der Waals surface area contributed by atoms with Gasteiger partial charge in [-0.05, 0) is 46.5 Å². The van der Waals surface area contributed by atoms with Crippen LogP contribution in [0, 0.1) is 0 Å². The largest absolute Gasteiger partial charge is 0.573 e. The number of rotatable bonds is 7. The third-order valence-corrected chi connectivity index (χ3v) is 6.24. The first-order valence-corrected chi connectivity index (χ1v) is 11.9. The zero-order valence-electron chi connectivity index (χ0n) is 20.3. The van der Waals surface area contributed by atoms with Gasteiger partial charge in [0.25, 0.3) is 0 Å². The van der Waals surface area contributed by atoms with Gasteiger partial charge < -0.3 is 9.84 Å². The van der Waals surface area contributed by atoms with Crippen molar-refractivity contribution in [2.45, 2.75) is 31.7 Å². The predicted molar refractivity (Wildman–Crippen MR) is 136 cm³/mol. The average molecular weight is 534 g/mol. The minimum Gasteiger partial charge on any atom is -0.481 e. The lowest BCUT2D eigenvalue weighted by Gasteiger charge is -2.22. The van der Waals surface area contributed by atoms with E-state index < -0.39 is 24.3 Å². The van der Waals surface area contributed by atoms with Crippen LogP contribution in [0.4, 0.5) is 13.2 Å². The molecule has 1 aromatic heterocycles. The normalized spacial score (nSPS) is 15.3. The summed E-state index contributed by atoms with van der Waals surface area (Å²) in [5.41, 5.74) is 5.04. The molecule has 5 rings (SSSR count). The average Bonchev–Trinajstić information content (AvgIpc) is 3.37. The Balaban J connectivity index is 1.39. The van der Waals surface area contributed by atoms with E-state index in [1.165, 1.54) is 29.3 Å². The first-order chi connectivity index (χ1) is 18.7. The molecule has 1 aliphatic heterocycles. The summed E-state index contributed by atoms with van der Waals surface area (Å²) in [5.74, 6) is -1.78. The van der Waals surface area contributed by atoms with E-state index in [4.69, 9.17) is 5.11 Å². The molecule has 1 aliphatic rings. The van der Waals surface area contributed by atoms with Crippen molar-refractivity contribution in [2.24, 2.45) is 5.10 Å². The Bertz CT molecular complexity index is 1550. The quantitative estimate of drug-likeness (QED) is 0.324. The first kappa shape index (κ1) is 25.8. The smallest absolute Gasteiger partial charge is 0.481 e. The molecule has 0 radical (unpaired) electrons. The molecule has 0 aliphatic carbocycles. The van der Waals surface area contributed by atoms with Crippen molar-refractivity contribution in [1.82, 2.24) is 15.0 Å². The Morgan fingerprint density at radius 1 is 0.872 bits per heavy atom. The van der Waals surface area contributed by atoms with Crippen LogP contribution in [0.2, 0.25) is 0 Å². The molecule has 0 spiro atoms. The number of carbonyl (C=O) groups is 2. The Kier molecular flexibility index (Phi) is 6.97. The van der Waals surface area contributed by atoms with Crippen molar-refractivity contribution in [1.29, 1.82) is 0 Å². The van der Waals surface area contributed by atoms with E-state index in [1.54, 1.807) is 12.4 Å². The summed E-state index contributed by atoms with van der Waals surface area (Å²) in [5, 5.41) is 14.9. The molecule has 39 heavy (non-hydrogen) atoms. The SMILES string of the molecule is O=C(O)CCC(=O)N1N=C(c2ccc(-c3ccc(OC(F)(F)F)cc3)cc2)CC1c1ccc2nccnc2c1. The van der Waals surface area contributed by atoms with E-state index >= 15 is 0 Å². The summed E-state index contributed by atoms with van der Waals surface area (Å²) in [6, 6.07) is 17.9. The molecule has 8 nitrogen and oxygen atoms in total. The van der Waals surface area contributed by atoms with Crippen molar-refractivity contribution in [3.05, 3.63) is 90.3 Å². The number of alkyl halides is 3. The summed E-state index contributed by atoms with van der Waals surface area (Å²) in [6.07, 6.45) is -1.69. The number of aromatic nitrogens is 2. The second-order valence-corrected chi connectivity index (χ2v) is 8.85. The van der Waals surface area contributed by atoms with Crippen LogP contribution in [0.25, 0.3) is 22.2 Å². The molecule has 1 unspecified atom stereocenters. The van der Waals surface area contributed by atoms with E-state index in [0.717, 1.165) is 16.7 Å². The van der Waals surface area contributed by atoms with Gasteiger partial charge in [-0.1, -0.05) is 42.5 Å².